The Morgan fingerprint density at radius 3 is 2.88 bits per heavy atom. The number of fused-ring (bicyclic) bond motifs is 1. The standard InChI is InChI=1S/C14H21NO/c1-14(2)8-7-13(15-9-10-16)11-5-3-4-6-12(11)14/h3-6,13,15-16H,7-10H2,1-2H3. The number of aliphatic hydroxyl groups excluding tert-OH is 1. The predicted octanol–water partition coefficient (Wildman–Crippen LogP) is 2.38. The van der Waals surface area contributed by atoms with Crippen LogP contribution < -0.4 is 5.32 Å². The molecule has 2 N–H and O–H groups in total. The molecule has 1 aromatic carbocycles. The summed E-state index contributed by atoms with van der Waals surface area (Å²) >= 11 is 0. The van der Waals surface area contributed by atoms with Crippen LogP contribution >= 0.6 is 0 Å². The summed E-state index contributed by atoms with van der Waals surface area (Å²) in [5.41, 5.74) is 3.15. The largest absolute Gasteiger partial charge is 0.395 e. The maximum absolute atomic E-state index is 8.89. The number of hydrogen-bond donors (Lipinski definition) is 2. The fraction of sp³-hybridized carbons (Fsp3) is 0.571. The number of aliphatic hydroxyl groups is 1. The van der Waals surface area contributed by atoms with E-state index >= 15 is 0 Å². The van der Waals surface area contributed by atoms with Crippen LogP contribution in [0.25, 0.3) is 0 Å². The lowest BCUT2D eigenvalue weighted by Gasteiger charge is -2.37. The summed E-state index contributed by atoms with van der Waals surface area (Å²) in [6, 6.07) is 9.09. The molecular formula is C14H21NO. The van der Waals surface area contributed by atoms with Gasteiger partial charge in [0.15, 0.2) is 0 Å². The molecule has 0 bridgehead atoms. The van der Waals surface area contributed by atoms with Crippen molar-refractivity contribution < 1.29 is 5.11 Å². The molecule has 0 fully saturated rings. The van der Waals surface area contributed by atoms with Crippen LogP contribution in [0.15, 0.2) is 24.3 Å². The highest BCUT2D eigenvalue weighted by Gasteiger charge is 2.31. The van der Waals surface area contributed by atoms with Crippen LogP contribution in [-0.2, 0) is 5.41 Å². The Hall–Kier alpha value is -0.860. The van der Waals surface area contributed by atoms with Crippen LogP contribution in [-0.4, -0.2) is 18.3 Å². The Labute approximate surface area is 97.7 Å². The van der Waals surface area contributed by atoms with Gasteiger partial charge in [0.25, 0.3) is 0 Å². The van der Waals surface area contributed by atoms with E-state index in [0.29, 0.717) is 12.6 Å². The minimum atomic E-state index is 0.210. The third-order valence-electron chi connectivity index (χ3n) is 3.63. The summed E-state index contributed by atoms with van der Waals surface area (Å²) in [7, 11) is 0. The van der Waals surface area contributed by atoms with E-state index in [2.05, 4.69) is 43.4 Å². The molecule has 2 nitrogen and oxygen atoms in total. The minimum Gasteiger partial charge on any atom is -0.395 e. The van der Waals surface area contributed by atoms with Crippen LogP contribution in [0, 0.1) is 0 Å². The van der Waals surface area contributed by atoms with Gasteiger partial charge in [0.1, 0.15) is 0 Å². The molecule has 0 spiro atoms. The van der Waals surface area contributed by atoms with Gasteiger partial charge in [0.05, 0.1) is 6.61 Å². The third-order valence-corrected chi connectivity index (χ3v) is 3.63. The van der Waals surface area contributed by atoms with Crippen LogP contribution in [0.4, 0.5) is 0 Å². The van der Waals surface area contributed by atoms with Crippen molar-refractivity contribution in [2.45, 2.75) is 38.1 Å². The summed E-state index contributed by atoms with van der Waals surface area (Å²) in [6.07, 6.45) is 2.36. The van der Waals surface area contributed by atoms with Gasteiger partial charge in [0.2, 0.25) is 0 Å². The molecule has 0 saturated carbocycles. The molecule has 1 aliphatic carbocycles. The van der Waals surface area contributed by atoms with Crippen molar-refractivity contribution in [3.05, 3.63) is 35.4 Å². The monoisotopic (exact) mass is 219 g/mol. The quantitative estimate of drug-likeness (QED) is 0.818. The van der Waals surface area contributed by atoms with Crippen molar-refractivity contribution in [2.24, 2.45) is 0 Å². The maximum atomic E-state index is 8.89. The van der Waals surface area contributed by atoms with Crippen molar-refractivity contribution in [2.75, 3.05) is 13.2 Å². The summed E-state index contributed by atoms with van der Waals surface area (Å²) in [5.74, 6) is 0. The molecule has 16 heavy (non-hydrogen) atoms. The zero-order valence-corrected chi connectivity index (χ0v) is 10.2. The number of benzene rings is 1. The van der Waals surface area contributed by atoms with Crippen LogP contribution in [0.5, 0.6) is 0 Å². The topological polar surface area (TPSA) is 32.3 Å². The van der Waals surface area contributed by atoms with E-state index in [1.54, 1.807) is 0 Å². The van der Waals surface area contributed by atoms with E-state index in [1.807, 2.05) is 0 Å². The predicted molar refractivity (Wildman–Crippen MR) is 66.5 cm³/mol. The third kappa shape index (κ3) is 2.13. The van der Waals surface area contributed by atoms with E-state index in [0.717, 1.165) is 6.42 Å². The highest BCUT2D eigenvalue weighted by Crippen LogP contribution is 2.41. The van der Waals surface area contributed by atoms with Gasteiger partial charge in [-0.3, -0.25) is 0 Å². The molecule has 0 radical (unpaired) electrons. The van der Waals surface area contributed by atoms with Gasteiger partial charge in [-0.15, -0.1) is 0 Å². The first-order chi connectivity index (χ1) is 7.65. The lowest BCUT2D eigenvalue weighted by molar-refractivity contribution is 0.273. The normalized spacial score (nSPS) is 22.8. The molecule has 0 saturated heterocycles. The van der Waals surface area contributed by atoms with E-state index in [-0.39, 0.29) is 12.0 Å². The van der Waals surface area contributed by atoms with Gasteiger partial charge in [-0.05, 0) is 29.4 Å². The van der Waals surface area contributed by atoms with E-state index in [1.165, 1.54) is 17.5 Å². The molecule has 0 aliphatic heterocycles. The summed E-state index contributed by atoms with van der Waals surface area (Å²) in [5, 5.41) is 12.3. The highest BCUT2D eigenvalue weighted by molar-refractivity contribution is 5.38. The van der Waals surface area contributed by atoms with Gasteiger partial charge in [0, 0.05) is 12.6 Å². The first-order valence-corrected chi connectivity index (χ1v) is 6.09. The first-order valence-electron chi connectivity index (χ1n) is 6.09. The average Bonchev–Trinajstić information content (AvgIpc) is 2.29. The smallest absolute Gasteiger partial charge is 0.0556 e. The van der Waals surface area contributed by atoms with Crippen LogP contribution in [0.1, 0.15) is 43.9 Å². The lowest BCUT2D eigenvalue weighted by atomic mass is 9.71. The zero-order valence-electron chi connectivity index (χ0n) is 10.2. The van der Waals surface area contributed by atoms with Gasteiger partial charge < -0.3 is 10.4 Å². The van der Waals surface area contributed by atoms with Crippen molar-refractivity contribution >= 4 is 0 Å². The van der Waals surface area contributed by atoms with E-state index in [4.69, 9.17) is 5.11 Å². The second-order valence-electron chi connectivity index (χ2n) is 5.24. The summed E-state index contributed by atoms with van der Waals surface area (Å²) < 4.78 is 0. The maximum Gasteiger partial charge on any atom is 0.0556 e. The fourth-order valence-electron chi connectivity index (χ4n) is 2.66. The Morgan fingerprint density at radius 2 is 2.12 bits per heavy atom. The van der Waals surface area contributed by atoms with Gasteiger partial charge in [-0.1, -0.05) is 38.1 Å². The highest BCUT2D eigenvalue weighted by atomic mass is 16.3. The number of hydrogen-bond acceptors (Lipinski definition) is 2. The van der Waals surface area contributed by atoms with E-state index in [9.17, 15) is 0 Å². The van der Waals surface area contributed by atoms with Gasteiger partial charge >= 0.3 is 0 Å². The molecule has 0 aromatic heterocycles. The molecule has 1 atom stereocenters. The lowest BCUT2D eigenvalue weighted by Crippen LogP contribution is -2.33. The molecule has 1 aromatic rings. The van der Waals surface area contributed by atoms with Crippen molar-refractivity contribution in [1.29, 1.82) is 0 Å². The second kappa shape index (κ2) is 4.56. The molecule has 88 valence electrons. The Balaban J connectivity index is 2.28. The van der Waals surface area contributed by atoms with Gasteiger partial charge in [-0.2, -0.15) is 0 Å². The van der Waals surface area contributed by atoms with Gasteiger partial charge in [-0.25, -0.2) is 0 Å². The summed E-state index contributed by atoms with van der Waals surface area (Å²) in [6.45, 7) is 5.52. The molecule has 1 unspecified atom stereocenters. The molecule has 0 heterocycles. The zero-order chi connectivity index (χ0) is 11.6. The number of nitrogens with one attached hydrogen (secondary N) is 1. The average molecular weight is 219 g/mol. The SMILES string of the molecule is CC1(C)CCC(NCCO)c2ccccc21. The van der Waals surface area contributed by atoms with Crippen molar-refractivity contribution in [3.63, 3.8) is 0 Å². The van der Waals surface area contributed by atoms with Crippen LogP contribution in [0.2, 0.25) is 0 Å². The minimum absolute atomic E-state index is 0.210. The Morgan fingerprint density at radius 1 is 1.38 bits per heavy atom. The molecule has 2 rings (SSSR count). The Bertz CT molecular complexity index is 360. The molecule has 2 heteroatoms. The summed E-state index contributed by atoms with van der Waals surface area (Å²) in [4.78, 5) is 0. The Kier molecular flexibility index (Phi) is 3.31. The second-order valence-corrected chi connectivity index (χ2v) is 5.24. The van der Waals surface area contributed by atoms with Crippen LogP contribution in [0.3, 0.4) is 0 Å². The number of rotatable bonds is 3. The van der Waals surface area contributed by atoms with E-state index < -0.39 is 0 Å². The molecular weight excluding hydrogens is 198 g/mol. The molecule has 1 aliphatic rings. The fourth-order valence-corrected chi connectivity index (χ4v) is 2.66. The van der Waals surface area contributed by atoms with Crippen molar-refractivity contribution in [1.82, 2.24) is 5.32 Å². The first kappa shape index (κ1) is 11.6. The van der Waals surface area contributed by atoms with Crippen molar-refractivity contribution in [3.8, 4) is 0 Å². The molecule has 0 amide bonds.